The molecule has 0 radical (unpaired) electrons. The van der Waals surface area contributed by atoms with Crippen molar-refractivity contribution in [3.05, 3.63) is 47.4 Å². The maximum absolute atomic E-state index is 13.6. The molecular formula is C13H8FN3O3. The molecular weight excluding hydrogens is 265 g/mol. The molecule has 0 aliphatic rings. The van der Waals surface area contributed by atoms with Crippen molar-refractivity contribution >= 4 is 11.7 Å². The minimum Gasteiger partial charge on any atom is -0.478 e. The van der Waals surface area contributed by atoms with Gasteiger partial charge in [-0.1, -0.05) is 0 Å². The van der Waals surface area contributed by atoms with Gasteiger partial charge in [-0.25, -0.2) is 14.2 Å². The smallest absolute Gasteiger partial charge is 0.337 e. The van der Waals surface area contributed by atoms with E-state index in [-0.39, 0.29) is 28.4 Å². The van der Waals surface area contributed by atoms with Crippen molar-refractivity contribution in [2.75, 3.05) is 5.73 Å². The van der Waals surface area contributed by atoms with Crippen LogP contribution in [0, 0.1) is 17.1 Å². The lowest BCUT2D eigenvalue weighted by atomic mass is 10.2. The number of rotatable bonds is 3. The molecule has 100 valence electrons. The standard InChI is InChI=1S/C13H8FN3O3/c14-9-3-7(5-15)1-2-11(9)20-12-10(16)4-8(6-17-12)13(18)19/h1-4,6H,16H2,(H,18,19). The predicted molar refractivity (Wildman–Crippen MR) is 66.8 cm³/mol. The molecule has 0 aliphatic heterocycles. The number of aromatic carboxylic acids is 1. The lowest BCUT2D eigenvalue weighted by molar-refractivity contribution is 0.0696. The van der Waals surface area contributed by atoms with E-state index in [9.17, 15) is 9.18 Å². The van der Waals surface area contributed by atoms with Crippen LogP contribution >= 0.6 is 0 Å². The second kappa shape index (κ2) is 5.24. The van der Waals surface area contributed by atoms with E-state index in [1.165, 1.54) is 12.1 Å². The number of nitrogens with two attached hydrogens (primary N) is 1. The number of carbonyl (C=O) groups is 1. The van der Waals surface area contributed by atoms with E-state index in [0.29, 0.717) is 0 Å². The van der Waals surface area contributed by atoms with Crippen LogP contribution in [0.3, 0.4) is 0 Å². The highest BCUT2D eigenvalue weighted by Gasteiger charge is 2.12. The van der Waals surface area contributed by atoms with Crippen LogP contribution in [0.25, 0.3) is 0 Å². The van der Waals surface area contributed by atoms with E-state index in [2.05, 4.69) is 4.98 Å². The Balaban J connectivity index is 2.31. The quantitative estimate of drug-likeness (QED) is 0.886. The molecule has 1 aromatic carbocycles. The van der Waals surface area contributed by atoms with Crippen molar-refractivity contribution in [3.63, 3.8) is 0 Å². The van der Waals surface area contributed by atoms with Crippen LogP contribution in [0.4, 0.5) is 10.1 Å². The van der Waals surface area contributed by atoms with Gasteiger partial charge in [0.25, 0.3) is 0 Å². The first-order valence-corrected chi connectivity index (χ1v) is 5.37. The molecule has 1 aromatic heterocycles. The second-order valence-electron chi connectivity index (χ2n) is 3.78. The molecule has 7 heteroatoms. The summed E-state index contributed by atoms with van der Waals surface area (Å²) in [5.74, 6) is -2.20. The summed E-state index contributed by atoms with van der Waals surface area (Å²) in [4.78, 5) is 14.4. The zero-order chi connectivity index (χ0) is 14.7. The normalized spacial score (nSPS) is 9.80. The van der Waals surface area contributed by atoms with Crippen LogP contribution in [0.5, 0.6) is 11.6 Å². The first-order chi connectivity index (χ1) is 9.51. The van der Waals surface area contributed by atoms with Gasteiger partial charge in [0.15, 0.2) is 11.6 Å². The number of hydrogen-bond donors (Lipinski definition) is 2. The van der Waals surface area contributed by atoms with Crippen molar-refractivity contribution in [3.8, 4) is 17.7 Å². The second-order valence-corrected chi connectivity index (χ2v) is 3.78. The zero-order valence-electron chi connectivity index (χ0n) is 10.0. The fourth-order valence-electron chi connectivity index (χ4n) is 1.43. The Morgan fingerprint density at radius 3 is 2.75 bits per heavy atom. The van der Waals surface area contributed by atoms with Gasteiger partial charge in [0.2, 0.25) is 5.88 Å². The molecule has 0 unspecified atom stereocenters. The van der Waals surface area contributed by atoms with Gasteiger partial charge in [-0.3, -0.25) is 0 Å². The fourth-order valence-corrected chi connectivity index (χ4v) is 1.43. The molecule has 6 nitrogen and oxygen atoms in total. The van der Waals surface area contributed by atoms with Crippen molar-refractivity contribution in [2.24, 2.45) is 0 Å². The van der Waals surface area contributed by atoms with E-state index in [1.54, 1.807) is 6.07 Å². The van der Waals surface area contributed by atoms with Crippen LogP contribution < -0.4 is 10.5 Å². The number of benzene rings is 1. The Bertz CT molecular complexity index is 725. The highest BCUT2D eigenvalue weighted by Crippen LogP contribution is 2.28. The molecule has 0 saturated carbocycles. The number of pyridine rings is 1. The van der Waals surface area contributed by atoms with Crippen LogP contribution in [-0.4, -0.2) is 16.1 Å². The van der Waals surface area contributed by atoms with Crippen LogP contribution in [0.2, 0.25) is 0 Å². The van der Waals surface area contributed by atoms with Gasteiger partial charge in [0.1, 0.15) is 0 Å². The lowest BCUT2D eigenvalue weighted by Gasteiger charge is -2.08. The Hall–Kier alpha value is -3.14. The average molecular weight is 273 g/mol. The van der Waals surface area contributed by atoms with E-state index < -0.39 is 11.8 Å². The first kappa shape index (κ1) is 13.3. The molecule has 2 aromatic rings. The summed E-state index contributed by atoms with van der Waals surface area (Å²) in [6.45, 7) is 0. The molecule has 2 rings (SSSR count). The van der Waals surface area contributed by atoms with Gasteiger partial charge >= 0.3 is 5.97 Å². The van der Waals surface area contributed by atoms with Gasteiger partial charge < -0.3 is 15.6 Å². The number of anilines is 1. The molecule has 0 atom stereocenters. The monoisotopic (exact) mass is 273 g/mol. The number of ether oxygens (including phenoxy) is 1. The molecule has 0 aliphatic carbocycles. The molecule has 20 heavy (non-hydrogen) atoms. The third kappa shape index (κ3) is 2.64. The molecule has 0 amide bonds. The summed E-state index contributed by atoms with van der Waals surface area (Å²) in [6, 6.07) is 6.60. The Labute approximate surface area is 112 Å². The highest BCUT2D eigenvalue weighted by molar-refractivity contribution is 5.88. The van der Waals surface area contributed by atoms with Crippen molar-refractivity contribution in [1.82, 2.24) is 4.98 Å². The zero-order valence-corrected chi connectivity index (χ0v) is 10.0. The number of hydrogen-bond acceptors (Lipinski definition) is 5. The third-order valence-corrected chi connectivity index (χ3v) is 2.39. The van der Waals surface area contributed by atoms with Gasteiger partial charge in [-0.2, -0.15) is 5.26 Å². The van der Waals surface area contributed by atoms with Gasteiger partial charge in [0, 0.05) is 6.20 Å². The molecule has 1 heterocycles. The number of nitriles is 1. The Morgan fingerprint density at radius 1 is 1.45 bits per heavy atom. The maximum Gasteiger partial charge on any atom is 0.337 e. The maximum atomic E-state index is 13.6. The number of aromatic nitrogens is 1. The lowest BCUT2D eigenvalue weighted by Crippen LogP contribution is -2.02. The molecule has 0 saturated heterocycles. The van der Waals surface area contributed by atoms with E-state index >= 15 is 0 Å². The predicted octanol–water partition coefficient (Wildman–Crippen LogP) is 2.17. The van der Waals surface area contributed by atoms with E-state index in [1.807, 2.05) is 0 Å². The van der Waals surface area contributed by atoms with Crippen LogP contribution in [-0.2, 0) is 0 Å². The van der Waals surface area contributed by atoms with Crippen molar-refractivity contribution in [1.29, 1.82) is 5.26 Å². The number of carboxylic acids is 1. The highest BCUT2D eigenvalue weighted by atomic mass is 19.1. The number of carboxylic acid groups (broad SMARTS) is 1. The summed E-state index contributed by atoms with van der Waals surface area (Å²) < 4.78 is 18.8. The molecule has 3 N–H and O–H groups in total. The van der Waals surface area contributed by atoms with Crippen molar-refractivity contribution < 1.29 is 19.0 Å². The third-order valence-electron chi connectivity index (χ3n) is 2.39. The summed E-state index contributed by atoms with van der Waals surface area (Å²) in [5.41, 5.74) is 5.60. The van der Waals surface area contributed by atoms with Crippen LogP contribution in [0.15, 0.2) is 30.5 Å². The number of nitrogen functional groups attached to an aromatic ring is 1. The van der Waals surface area contributed by atoms with Gasteiger partial charge in [-0.15, -0.1) is 0 Å². The fraction of sp³-hybridized carbons (Fsp3) is 0. The molecule has 0 bridgehead atoms. The summed E-state index contributed by atoms with van der Waals surface area (Å²) in [7, 11) is 0. The first-order valence-electron chi connectivity index (χ1n) is 5.37. The van der Waals surface area contributed by atoms with E-state index in [4.69, 9.17) is 20.8 Å². The van der Waals surface area contributed by atoms with Crippen molar-refractivity contribution in [2.45, 2.75) is 0 Å². The molecule has 0 fully saturated rings. The number of nitrogens with zero attached hydrogens (tertiary/aromatic N) is 2. The van der Waals surface area contributed by atoms with Gasteiger partial charge in [0.05, 0.1) is 22.9 Å². The summed E-state index contributed by atoms with van der Waals surface area (Å²) in [5, 5.41) is 17.4. The summed E-state index contributed by atoms with van der Waals surface area (Å²) >= 11 is 0. The average Bonchev–Trinajstić information content (AvgIpc) is 2.42. The minimum absolute atomic E-state index is 0.0336. The van der Waals surface area contributed by atoms with Crippen LogP contribution in [0.1, 0.15) is 15.9 Å². The minimum atomic E-state index is -1.18. The Kier molecular flexibility index (Phi) is 3.48. The van der Waals surface area contributed by atoms with E-state index in [0.717, 1.165) is 18.3 Å². The largest absolute Gasteiger partial charge is 0.478 e. The topological polar surface area (TPSA) is 109 Å². The number of halogens is 1. The van der Waals surface area contributed by atoms with Gasteiger partial charge in [-0.05, 0) is 24.3 Å². The SMILES string of the molecule is N#Cc1ccc(Oc2ncc(C(=O)O)cc2N)c(F)c1. The molecule has 0 spiro atoms. The Morgan fingerprint density at radius 2 is 2.20 bits per heavy atom. The summed E-state index contributed by atoms with van der Waals surface area (Å²) in [6.07, 6.45) is 1.05.